The minimum atomic E-state index is -2.32. The van der Waals surface area contributed by atoms with Crippen LogP contribution >= 0.6 is 7.80 Å². The predicted octanol–water partition coefficient (Wildman–Crippen LogP) is -3.93. The van der Waals surface area contributed by atoms with E-state index >= 15 is 0 Å². The molecule has 2 atom stereocenters. The Labute approximate surface area is 88.5 Å². The smallest absolute Gasteiger partial charge is 0.550 e. The average molecular weight is 199 g/mol. The number of rotatable bonds is 5. The fourth-order valence-corrected chi connectivity index (χ4v) is 1.16. The third kappa shape index (κ3) is 5.95. The molecule has 0 amide bonds. The normalized spacial score (nSPS) is 12.6. The van der Waals surface area contributed by atoms with Crippen LogP contribution in [0.1, 0.15) is 13.3 Å². The monoisotopic (exact) mass is 199 g/mol. The first-order chi connectivity index (χ1) is 5.49. The average Bonchev–Trinajstić information content (AvgIpc) is 2.02. The molecule has 0 aromatic carbocycles. The zero-order chi connectivity index (χ0) is 9.72. The van der Waals surface area contributed by atoms with E-state index in [1.165, 1.54) is 6.92 Å². The van der Waals surface area contributed by atoms with Gasteiger partial charge in [-0.25, -0.2) is 4.79 Å². The summed E-state index contributed by atoms with van der Waals surface area (Å²) in [5, 5.41) is 18.4. The van der Waals surface area contributed by atoms with Crippen molar-refractivity contribution in [3.63, 3.8) is 0 Å². The molecule has 0 fully saturated rings. The van der Waals surface area contributed by atoms with E-state index in [0.717, 1.165) is 0 Å². The Balaban J connectivity index is 0. The van der Waals surface area contributed by atoms with Crippen molar-refractivity contribution in [2.75, 3.05) is 6.35 Å². The molecule has 13 heavy (non-hydrogen) atoms. The summed E-state index contributed by atoms with van der Waals surface area (Å²) in [4.78, 5) is 20.9. The summed E-state index contributed by atoms with van der Waals surface area (Å²) in [5.41, 5.74) is -0.732. The third-order valence-corrected chi connectivity index (χ3v) is 2.29. The van der Waals surface area contributed by atoms with Crippen LogP contribution in [-0.2, 0) is 14.2 Å². The van der Waals surface area contributed by atoms with E-state index in [2.05, 4.69) is 0 Å². The van der Waals surface area contributed by atoms with Gasteiger partial charge in [0.1, 0.15) is 0 Å². The number of aliphatic carboxylic acids is 1. The van der Waals surface area contributed by atoms with Crippen LogP contribution in [0.15, 0.2) is 0 Å². The van der Waals surface area contributed by atoms with Crippen LogP contribution in [0.3, 0.4) is 0 Å². The SMILES string of the molecule is CC(CC(=O)[P+](=O)CO)C(=O)[O-].[Li+]. The number of aliphatic hydroxyl groups is 1. The van der Waals surface area contributed by atoms with Crippen LogP contribution < -0.4 is 24.0 Å². The molecule has 0 aromatic heterocycles. The second-order valence-electron chi connectivity index (χ2n) is 2.34. The van der Waals surface area contributed by atoms with Gasteiger partial charge in [-0.3, -0.25) is 0 Å². The summed E-state index contributed by atoms with van der Waals surface area (Å²) in [6.07, 6.45) is -1.08. The Bertz CT molecular complexity index is 217. The van der Waals surface area contributed by atoms with Crippen molar-refractivity contribution in [2.45, 2.75) is 13.3 Å². The van der Waals surface area contributed by atoms with Crippen molar-refractivity contribution in [3.05, 3.63) is 0 Å². The molecule has 0 aliphatic rings. The van der Waals surface area contributed by atoms with Gasteiger partial charge in [-0.05, 0) is 0 Å². The maximum atomic E-state index is 10.8. The molecule has 0 bridgehead atoms. The summed E-state index contributed by atoms with van der Waals surface area (Å²) in [6, 6.07) is 0. The molecule has 2 unspecified atom stereocenters. The van der Waals surface area contributed by atoms with Crippen molar-refractivity contribution in [3.8, 4) is 0 Å². The van der Waals surface area contributed by atoms with Gasteiger partial charge < -0.3 is 15.0 Å². The van der Waals surface area contributed by atoms with Gasteiger partial charge in [0, 0.05) is 11.9 Å². The molecule has 1 N–H and O–H groups in total. The summed E-state index contributed by atoms with van der Waals surface area (Å²) in [5.74, 6) is -2.31. The van der Waals surface area contributed by atoms with Crippen molar-refractivity contribution >= 4 is 19.3 Å². The van der Waals surface area contributed by atoms with Crippen molar-refractivity contribution in [1.82, 2.24) is 0 Å². The van der Waals surface area contributed by atoms with Gasteiger partial charge in [0.2, 0.25) is 0 Å². The molecule has 7 heteroatoms. The number of carboxylic acid groups (broad SMARTS) is 1. The van der Waals surface area contributed by atoms with E-state index in [1.807, 2.05) is 0 Å². The fourth-order valence-electron chi connectivity index (χ4n) is 0.526. The molecule has 0 heterocycles. The van der Waals surface area contributed by atoms with Gasteiger partial charge in [-0.1, -0.05) is 11.5 Å². The Morgan fingerprint density at radius 1 is 1.54 bits per heavy atom. The number of carbonyl (C=O) groups excluding carboxylic acids is 2. The van der Waals surface area contributed by atoms with Crippen LogP contribution in [0, 0.1) is 5.92 Å². The van der Waals surface area contributed by atoms with E-state index in [9.17, 15) is 19.3 Å². The van der Waals surface area contributed by atoms with E-state index in [0.29, 0.717) is 0 Å². The standard InChI is InChI=1S/C6H9O5P.Li/c1-4(6(9)10)2-5(8)12(11)3-7;/h4,7H,2-3H2,1H3;/q;+1. The number of carbonyl (C=O) groups is 2. The number of aliphatic hydroxyl groups excluding tert-OH is 1. The molecule has 0 rings (SSSR count). The second-order valence-corrected chi connectivity index (χ2v) is 3.88. The minimum Gasteiger partial charge on any atom is -0.550 e. The van der Waals surface area contributed by atoms with Gasteiger partial charge in [0.25, 0.3) is 6.35 Å². The number of hydrogen-bond acceptors (Lipinski definition) is 5. The van der Waals surface area contributed by atoms with Gasteiger partial charge in [0.05, 0.1) is 6.42 Å². The molecule has 0 saturated heterocycles. The van der Waals surface area contributed by atoms with E-state index in [1.54, 1.807) is 0 Å². The molecule has 5 nitrogen and oxygen atoms in total. The van der Waals surface area contributed by atoms with Crippen LogP contribution in [0.5, 0.6) is 0 Å². The molecule has 68 valence electrons. The summed E-state index contributed by atoms with van der Waals surface area (Å²) in [6.45, 7) is 1.29. The fraction of sp³-hybridized carbons (Fsp3) is 0.667. The largest absolute Gasteiger partial charge is 1.00 e. The molecule has 0 aliphatic heterocycles. The van der Waals surface area contributed by atoms with Crippen LogP contribution in [0.25, 0.3) is 0 Å². The summed E-state index contributed by atoms with van der Waals surface area (Å²) < 4.78 is 10.6. The molecule has 0 radical (unpaired) electrons. The van der Waals surface area contributed by atoms with Crippen LogP contribution in [0.2, 0.25) is 0 Å². The quantitative estimate of drug-likeness (QED) is 0.360. The first-order valence-electron chi connectivity index (χ1n) is 3.28. The van der Waals surface area contributed by atoms with E-state index in [-0.39, 0.29) is 25.3 Å². The molecular formula is C6H9LiO5P+. The van der Waals surface area contributed by atoms with Crippen molar-refractivity contribution in [1.29, 1.82) is 0 Å². The Morgan fingerprint density at radius 2 is 2.00 bits per heavy atom. The summed E-state index contributed by atoms with van der Waals surface area (Å²) in [7, 11) is -2.32. The Hall–Kier alpha value is -0.203. The third-order valence-electron chi connectivity index (χ3n) is 1.29. The maximum absolute atomic E-state index is 10.8. The molecular weight excluding hydrogens is 190 g/mol. The predicted molar refractivity (Wildman–Crippen MR) is 38.5 cm³/mol. The first-order valence-corrected chi connectivity index (χ1v) is 4.72. The first kappa shape index (κ1) is 15.3. The van der Waals surface area contributed by atoms with Gasteiger partial charge in [-0.15, -0.1) is 0 Å². The Morgan fingerprint density at radius 3 is 2.31 bits per heavy atom. The van der Waals surface area contributed by atoms with E-state index < -0.39 is 31.6 Å². The Kier molecular flexibility index (Phi) is 8.49. The molecule has 0 spiro atoms. The number of carboxylic acids is 1. The van der Waals surface area contributed by atoms with E-state index in [4.69, 9.17) is 5.11 Å². The zero-order valence-electron chi connectivity index (χ0n) is 7.52. The van der Waals surface area contributed by atoms with Gasteiger partial charge in [0.15, 0.2) is 0 Å². The van der Waals surface area contributed by atoms with Crippen LogP contribution in [0.4, 0.5) is 0 Å². The molecule has 0 saturated carbocycles. The molecule has 0 aliphatic carbocycles. The topological polar surface area (TPSA) is 94.5 Å². The zero-order valence-corrected chi connectivity index (χ0v) is 8.41. The van der Waals surface area contributed by atoms with Crippen molar-refractivity contribution < 1.29 is 43.2 Å². The second kappa shape index (κ2) is 7.22. The van der Waals surface area contributed by atoms with Crippen LogP contribution in [-0.4, -0.2) is 22.9 Å². The summed E-state index contributed by atoms with van der Waals surface area (Å²) >= 11 is 0. The van der Waals surface area contributed by atoms with Crippen molar-refractivity contribution in [2.24, 2.45) is 5.92 Å². The molecule has 0 aromatic rings. The maximum Gasteiger partial charge on any atom is 1.00 e. The minimum absolute atomic E-state index is 0. The van der Waals surface area contributed by atoms with Gasteiger partial charge >= 0.3 is 32.2 Å². The number of hydrogen-bond donors (Lipinski definition) is 1. The van der Waals surface area contributed by atoms with Gasteiger partial charge in [-0.2, -0.15) is 0 Å².